The standard InChI is InChI=1S/C20H19ClN2O3/c1-3-26-19(24)9-8-17-10-15-11-18(25-2)12-22-20(15)23(17)13-14-4-6-16(21)7-5-14/h4-12H,3,13H2,1-2H3. The molecule has 3 aromatic rings. The van der Waals surface area contributed by atoms with Crippen molar-refractivity contribution in [1.29, 1.82) is 0 Å². The number of halogens is 1. The van der Waals surface area contributed by atoms with E-state index in [-0.39, 0.29) is 5.97 Å². The van der Waals surface area contributed by atoms with Gasteiger partial charge in [-0.2, -0.15) is 0 Å². The fourth-order valence-electron chi connectivity index (χ4n) is 2.68. The van der Waals surface area contributed by atoms with Crippen LogP contribution >= 0.6 is 11.6 Å². The maximum Gasteiger partial charge on any atom is 0.330 e. The number of hydrogen-bond acceptors (Lipinski definition) is 4. The van der Waals surface area contributed by atoms with Crippen molar-refractivity contribution in [3.63, 3.8) is 0 Å². The number of pyridine rings is 1. The number of benzene rings is 1. The van der Waals surface area contributed by atoms with Crippen molar-refractivity contribution in [2.24, 2.45) is 0 Å². The first-order valence-electron chi connectivity index (χ1n) is 8.23. The summed E-state index contributed by atoms with van der Waals surface area (Å²) in [5, 5.41) is 1.62. The van der Waals surface area contributed by atoms with Gasteiger partial charge in [0.05, 0.1) is 19.9 Å². The fraction of sp³-hybridized carbons (Fsp3) is 0.200. The molecule has 1 aromatic carbocycles. The zero-order valence-electron chi connectivity index (χ0n) is 14.6. The number of hydrogen-bond donors (Lipinski definition) is 0. The number of carbonyl (C=O) groups excluding carboxylic acids is 1. The predicted octanol–water partition coefficient (Wildman–Crippen LogP) is 4.32. The van der Waals surface area contributed by atoms with Crippen LogP contribution in [0.5, 0.6) is 5.75 Å². The molecule has 26 heavy (non-hydrogen) atoms. The predicted molar refractivity (Wildman–Crippen MR) is 103 cm³/mol. The third kappa shape index (κ3) is 4.06. The van der Waals surface area contributed by atoms with E-state index in [1.54, 1.807) is 26.3 Å². The van der Waals surface area contributed by atoms with Crippen molar-refractivity contribution >= 4 is 34.7 Å². The van der Waals surface area contributed by atoms with Gasteiger partial charge < -0.3 is 14.0 Å². The molecule has 0 saturated carbocycles. The minimum atomic E-state index is -0.374. The molecule has 0 fully saturated rings. The number of ether oxygens (including phenoxy) is 2. The van der Waals surface area contributed by atoms with Crippen LogP contribution in [0.25, 0.3) is 17.1 Å². The van der Waals surface area contributed by atoms with Gasteiger partial charge in [0.25, 0.3) is 0 Å². The van der Waals surface area contributed by atoms with Crippen molar-refractivity contribution in [2.75, 3.05) is 13.7 Å². The highest BCUT2D eigenvalue weighted by Crippen LogP contribution is 2.24. The Balaban J connectivity index is 2.02. The van der Waals surface area contributed by atoms with Gasteiger partial charge in [0.15, 0.2) is 0 Å². The molecule has 0 spiro atoms. The molecule has 2 heterocycles. The first-order valence-corrected chi connectivity index (χ1v) is 8.61. The summed E-state index contributed by atoms with van der Waals surface area (Å²) >= 11 is 5.97. The first-order chi connectivity index (χ1) is 12.6. The first kappa shape index (κ1) is 18.0. The number of esters is 1. The minimum Gasteiger partial charge on any atom is -0.495 e. The van der Waals surface area contributed by atoms with Crippen LogP contribution in [0.3, 0.4) is 0 Å². The monoisotopic (exact) mass is 370 g/mol. The van der Waals surface area contributed by atoms with Gasteiger partial charge in [-0.05, 0) is 42.8 Å². The molecule has 5 nitrogen and oxygen atoms in total. The molecule has 134 valence electrons. The van der Waals surface area contributed by atoms with Gasteiger partial charge in [-0.15, -0.1) is 0 Å². The summed E-state index contributed by atoms with van der Waals surface area (Å²) in [6, 6.07) is 11.5. The van der Waals surface area contributed by atoms with Crippen molar-refractivity contribution in [3.05, 3.63) is 65.0 Å². The van der Waals surface area contributed by atoms with E-state index in [1.807, 2.05) is 41.0 Å². The molecule has 6 heteroatoms. The summed E-state index contributed by atoms with van der Waals surface area (Å²) in [6.07, 6.45) is 4.84. The average molecular weight is 371 g/mol. The Morgan fingerprint density at radius 1 is 1.27 bits per heavy atom. The third-order valence-corrected chi connectivity index (χ3v) is 4.16. The molecule has 0 saturated heterocycles. The van der Waals surface area contributed by atoms with Crippen LogP contribution in [0, 0.1) is 0 Å². The number of fused-ring (bicyclic) bond motifs is 1. The molecule has 3 rings (SSSR count). The van der Waals surface area contributed by atoms with Crippen LogP contribution in [0.1, 0.15) is 18.2 Å². The maximum atomic E-state index is 11.7. The van der Waals surface area contributed by atoms with Crippen LogP contribution in [0.4, 0.5) is 0 Å². The molecule has 0 atom stereocenters. The quantitative estimate of drug-likeness (QED) is 0.479. The lowest BCUT2D eigenvalue weighted by Crippen LogP contribution is -2.04. The Labute approximate surface area is 156 Å². The normalized spacial score (nSPS) is 11.2. The highest BCUT2D eigenvalue weighted by molar-refractivity contribution is 6.30. The van der Waals surface area contributed by atoms with Crippen LogP contribution in [0.2, 0.25) is 5.02 Å². The molecule has 0 unspecified atom stereocenters. The van der Waals surface area contributed by atoms with Gasteiger partial charge in [0.2, 0.25) is 0 Å². The molecule has 0 N–H and O–H groups in total. The smallest absolute Gasteiger partial charge is 0.330 e. The molecule has 0 aliphatic rings. The van der Waals surface area contributed by atoms with E-state index < -0.39 is 0 Å². The lowest BCUT2D eigenvalue weighted by atomic mass is 10.2. The fourth-order valence-corrected chi connectivity index (χ4v) is 2.80. The van der Waals surface area contributed by atoms with Crippen LogP contribution in [-0.4, -0.2) is 29.2 Å². The second-order valence-electron chi connectivity index (χ2n) is 5.66. The molecular weight excluding hydrogens is 352 g/mol. The molecule has 0 aliphatic heterocycles. The second kappa shape index (κ2) is 8.06. The second-order valence-corrected chi connectivity index (χ2v) is 6.09. The Bertz CT molecular complexity index is 946. The van der Waals surface area contributed by atoms with Gasteiger partial charge in [-0.1, -0.05) is 23.7 Å². The van der Waals surface area contributed by atoms with Crippen molar-refractivity contribution in [3.8, 4) is 5.75 Å². The summed E-state index contributed by atoms with van der Waals surface area (Å²) < 4.78 is 12.3. The molecule has 2 aromatic heterocycles. The van der Waals surface area contributed by atoms with Crippen molar-refractivity contribution in [2.45, 2.75) is 13.5 Å². The summed E-state index contributed by atoms with van der Waals surface area (Å²) in [6.45, 7) is 2.72. The zero-order chi connectivity index (χ0) is 18.5. The maximum absolute atomic E-state index is 11.7. The molecule has 0 bridgehead atoms. The van der Waals surface area contributed by atoms with E-state index in [9.17, 15) is 4.79 Å². The summed E-state index contributed by atoms with van der Waals surface area (Å²) in [7, 11) is 1.61. The highest BCUT2D eigenvalue weighted by atomic mass is 35.5. The van der Waals surface area contributed by atoms with E-state index in [1.165, 1.54) is 6.08 Å². The Kier molecular flexibility index (Phi) is 5.58. The van der Waals surface area contributed by atoms with Crippen molar-refractivity contribution in [1.82, 2.24) is 9.55 Å². The largest absolute Gasteiger partial charge is 0.495 e. The van der Waals surface area contributed by atoms with Gasteiger partial charge in [-0.25, -0.2) is 9.78 Å². The number of carbonyl (C=O) groups is 1. The summed E-state index contributed by atoms with van der Waals surface area (Å²) in [4.78, 5) is 16.2. The van der Waals surface area contributed by atoms with Gasteiger partial charge in [0, 0.05) is 28.7 Å². The number of nitrogens with zero attached hydrogens (tertiary/aromatic N) is 2. The van der Waals surface area contributed by atoms with E-state index in [4.69, 9.17) is 21.1 Å². The Morgan fingerprint density at radius 3 is 2.73 bits per heavy atom. The van der Waals surface area contributed by atoms with Gasteiger partial charge >= 0.3 is 5.97 Å². The Hall–Kier alpha value is -2.79. The topological polar surface area (TPSA) is 53.4 Å². The van der Waals surface area contributed by atoms with Crippen LogP contribution in [-0.2, 0) is 16.1 Å². The lowest BCUT2D eigenvalue weighted by Gasteiger charge is -2.09. The van der Waals surface area contributed by atoms with E-state index >= 15 is 0 Å². The molecule has 0 amide bonds. The van der Waals surface area contributed by atoms with Gasteiger partial charge in [0.1, 0.15) is 11.4 Å². The zero-order valence-corrected chi connectivity index (χ0v) is 15.4. The number of methoxy groups -OCH3 is 1. The average Bonchev–Trinajstić information content (AvgIpc) is 2.98. The molecule has 0 radical (unpaired) electrons. The lowest BCUT2D eigenvalue weighted by molar-refractivity contribution is -0.137. The molecular formula is C20H19ClN2O3. The summed E-state index contributed by atoms with van der Waals surface area (Å²) in [5.41, 5.74) is 2.74. The van der Waals surface area contributed by atoms with E-state index in [0.29, 0.717) is 23.9 Å². The number of rotatable bonds is 6. The third-order valence-electron chi connectivity index (χ3n) is 3.91. The van der Waals surface area contributed by atoms with Crippen LogP contribution < -0.4 is 4.74 Å². The minimum absolute atomic E-state index is 0.343. The summed E-state index contributed by atoms with van der Waals surface area (Å²) in [5.74, 6) is 0.309. The molecule has 0 aliphatic carbocycles. The van der Waals surface area contributed by atoms with Crippen LogP contribution in [0.15, 0.2) is 48.7 Å². The van der Waals surface area contributed by atoms with Crippen molar-refractivity contribution < 1.29 is 14.3 Å². The highest BCUT2D eigenvalue weighted by Gasteiger charge is 2.11. The SMILES string of the molecule is CCOC(=O)C=Cc1cc2cc(OC)cnc2n1Cc1ccc(Cl)cc1. The van der Waals surface area contributed by atoms with E-state index in [2.05, 4.69) is 4.98 Å². The van der Waals surface area contributed by atoms with Gasteiger partial charge in [-0.3, -0.25) is 0 Å². The number of aromatic nitrogens is 2. The van der Waals surface area contributed by atoms with E-state index in [0.717, 1.165) is 22.3 Å². The Morgan fingerprint density at radius 2 is 2.04 bits per heavy atom.